The van der Waals surface area contributed by atoms with Gasteiger partial charge in [0.05, 0.1) is 14.8 Å². The maximum atomic E-state index is 10.6. The van der Waals surface area contributed by atoms with Crippen molar-refractivity contribution in [1.82, 2.24) is 4.98 Å². The van der Waals surface area contributed by atoms with Crippen LogP contribution in [-0.4, -0.2) is 16.1 Å². The smallest absolute Gasteiger partial charge is 0.335 e. The first kappa shape index (κ1) is 18.0. The lowest BCUT2D eigenvalue weighted by molar-refractivity contribution is 0.0697. The normalized spacial score (nSPS) is 9.86. The van der Waals surface area contributed by atoms with Gasteiger partial charge in [-0.05, 0) is 74.5 Å². The average molecular weight is 417 g/mol. The van der Waals surface area contributed by atoms with Crippen LogP contribution in [0.5, 0.6) is 0 Å². The second kappa shape index (κ2) is 9.79. The van der Waals surface area contributed by atoms with Gasteiger partial charge in [0.15, 0.2) is 0 Å². The van der Waals surface area contributed by atoms with Crippen LogP contribution in [0.4, 0.5) is 0 Å². The highest BCUT2D eigenvalue weighted by Gasteiger charge is 2.00. The number of rotatable bonds is 5. The van der Waals surface area contributed by atoms with Crippen molar-refractivity contribution in [2.45, 2.75) is 32.6 Å². The van der Waals surface area contributed by atoms with Gasteiger partial charge in [0, 0.05) is 0 Å². The van der Waals surface area contributed by atoms with Crippen LogP contribution in [-0.2, 0) is 6.42 Å². The number of carbonyl (C=O) groups is 1. The molecule has 0 saturated carbocycles. The molecule has 0 saturated heterocycles. The first-order valence-corrected chi connectivity index (χ1v) is 8.43. The average Bonchev–Trinajstić information content (AvgIpc) is 2.84. The van der Waals surface area contributed by atoms with E-state index in [4.69, 9.17) is 5.11 Å². The minimum atomic E-state index is -0.856. The highest BCUT2D eigenvalue weighted by Crippen LogP contribution is 2.12. The molecule has 3 nitrogen and oxygen atoms in total. The Kier molecular flexibility index (Phi) is 8.38. The molecule has 2 N–H and O–H groups in total. The van der Waals surface area contributed by atoms with Crippen molar-refractivity contribution in [3.63, 3.8) is 0 Å². The second-order valence-electron chi connectivity index (χ2n) is 4.61. The molecule has 2 rings (SSSR count). The fourth-order valence-corrected chi connectivity index (χ4v) is 2.69. The van der Waals surface area contributed by atoms with E-state index in [-0.39, 0.29) is 0 Å². The van der Waals surface area contributed by atoms with Crippen LogP contribution in [0.2, 0.25) is 0 Å². The standard InChI is InChI=1S/C12H16O2.C4H3Br2N/c1-2-3-4-5-10-6-8-11(9-7-10)12(13)14;5-3-1-2-4(6)7-3/h6-9H,2-5H2,1H3,(H,13,14);1-2,7H. The van der Waals surface area contributed by atoms with Gasteiger partial charge in [-0.25, -0.2) is 4.79 Å². The van der Waals surface area contributed by atoms with Crippen LogP contribution in [0.15, 0.2) is 45.6 Å². The molecule has 0 atom stereocenters. The molecule has 1 aromatic heterocycles. The molecule has 0 spiro atoms. The molecule has 0 fully saturated rings. The summed E-state index contributed by atoms with van der Waals surface area (Å²) in [6.45, 7) is 2.17. The summed E-state index contributed by atoms with van der Waals surface area (Å²) in [6.07, 6.45) is 4.69. The summed E-state index contributed by atoms with van der Waals surface area (Å²) < 4.78 is 2.00. The summed E-state index contributed by atoms with van der Waals surface area (Å²) in [7, 11) is 0. The van der Waals surface area contributed by atoms with Crippen LogP contribution in [0.25, 0.3) is 0 Å². The maximum absolute atomic E-state index is 10.6. The molecule has 5 heteroatoms. The van der Waals surface area contributed by atoms with E-state index >= 15 is 0 Å². The first-order chi connectivity index (χ1) is 10.0. The quantitative estimate of drug-likeness (QED) is 0.618. The minimum Gasteiger partial charge on any atom is -0.478 e. The highest BCUT2D eigenvalue weighted by molar-refractivity contribution is 9.11. The predicted octanol–water partition coefficient (Wildman–Crippen LogP) is 5.66. The Labute approximate surface area is 142 Å². The Morgan fingerprint density at radius 3 is 2.00 bits per heavy atom. The minimum absolute atomic E-state index is 0.365. The van der Waals surface area contributed by atoms with E-state index in [0.29, 0.717) is 5.56 Å². The molecule has 2 aromatic rings. The Balaban J connectivity index is 0.000000262. The predicted molar refractivity (Wildman–Crippen MR) is 92.8 cm³/mol. The summed E-state index contributed by atoms with van der Waals surface area (Å²) >= 11 is 6.49. The summed E-state index contributed by atoms with van der Waals surface area (Å²) in [4.78, 5) is 13.5. The number of carboxylic acid groups (broad SMARTS) is 1. The molecule has 114 valence electrons. The largest absolute Gasteiger partial charge is 0.478 e. The number of aryl methyl sites for hydroxylation is 1. The van der Waals surface area contributed by atoms with Gasteiger partial charge in [-0.2, -0.15) is 0 Å². The van der Waals surface area contributed by atoms with Gasteiger partial charge < -0.3 is 10.1 Å². The zero-order valence-corrected chi connectivity index (χ0v) is 15.1. The number of halogens is 2. The molecular weight excluding hydrogens is 398 g/mol. The molecule has 0 bridgehead atoms. The van der Waals surface area contributed by atoms with Crippen LogP contribution in [0.3, 0.4) is 0 Å². The SMILES string of the molecule is Brc1ccc(Br)[nH]1.CCCCCc1ccc(C(=O)O)cc1. The lowest BCUT2D eigenvalue weighted by atomic mass is 10.1. The lowest BCUT2D eigenvalue weighted by Crippen LogP contribution is -1.96. The number of aromatic nitrogens is 1. The van der Waals surface area contributed by atoms with Gasteiger partial charge >= 0.3 is 5.97 Å². The van der Waals surface area contributed by atoms with Crippen molar-refractivity contribution < 1.29 is 9.90 Å². The summed E-state index contributed by atoms with van der Waals surface area (Å²) in [6, 6.07) is 11.0. The number of benzene rings is 1. The van der Waals surface area contributed by atoms with E-state index in [1.54, 1.807) is 12.1 Å². The molecule has 0 unspecified atom stereocenters. The Morgan fingerprint density at radius 1 is 1.05 bits per heavy atom. The fraction of sp³-hybridized carbons (Fsp3) is 0.312. The Hall–Kier alpha value is -1.07. The second-order valence-corrected chi connectivity index (χ2v) is 6.32. The number of aromatic carboxylic acids is 1. The molecule has 0 amide bonds. The van der Waals surface area contributed by atoms with Gasteiger partial charge in [0.2, 0.25) is 0 Å². The molecule has 0 aliphatic rings. The van der Waals surface area contributed by atoms with Gasteiger partial charge in [-0.3, -0.25) is 0 Å². The van der Waals surface area contributed by atoms with E-state index in [2.05, 4.69) is 43.8 Å². The van der Waals surface area contributed by atoms with Crippen LogP contribution in [0.1, 0.15) is 42.1 Å². The number of unbranched alkanes of at least 4 members (excludes halogenated alkanes) is 2. The number of carboxylic acids is 1. The molecule has 0 radical (unpaired) electrons. The third-order valence-corrected chi connectivity index (χ3v) is 3.81. The Bertz CT molecular complexity index is 533. The van der Waals surface area contributed by atoms with E-state index in [0.717, 1.165) is 15.6 Å². The van der Waals surface area contributed by atoms with E-state index in [1.807, 2.05) is 24.3 Å². The maximum Gasteiger partial charge on any atom is 0.335 e. The van der Waals surface area contributed by atoms with Crippen LogP contribution in [0, 0.1) is 0 Å². The van der Waals surface area contributed by atoms with Crippen molar-refractivity contribution >= 4 is 37.8 Å². The van der Waals surface area contributed by atoms with Crippen LogP contribution < -0.4 is 0 Å². The van der Waals surface area contributed by atoms with Gasteiger partial charge in [0.1, 0.15) is 0 Å². The van der Waals surface area contributed by atoms with Crippen molar-refractivity contribution in [3.8, 4) is 0 Å². The van der Waals surface area contributed by atoms with E-state index < -0.39 is 5.97 Å². The zero-order valence-electron chi connectivity index (χ0n) is 11.9. The zero-order chi connectivity index (χ0) is 15.7. The summed E-state index contributed by atoms with van der Waals surface area (Å²) in [5, 5.41) is 8.69. The van der Waals surface area contributed by atoms with Crippen LogP contribution >= 0.6 is 31.9 Å². The van der Waals surface area contributed by atoms with Crippen molar-refractivity contribution in [2.75, 3.05) is 0 Å². The Morgan fingerprint density at radius 2 is 1.62 bits per heavy atom. The van der Waals surface area contributed by atoms with Gasteiger partial charge in [0.25, 0.3) is 0 Å². The third kappa shape index (κ3) is 7.48. The summed E-state index contributed by atoms with van der Waals surface area (Å²) in [5.74, 6) is -0.856. The molecule has 1 heterocycles. The number of hydrogen-bond donors (Lipinski definition) is 2. The number of hydrogen-bond acceptors (Lipinski definition) is 1. The number of H-pyrrole nitrogens is 1. The van der Waals surface area contributed by atoms with Crippen molar-refractivity contribution in [3.05, 3.63) is 56.7 Å². The molecule has 1 aromatic carbocycles. The molecule has 0 aliphatic heterocycles. The van der Waals surface area contributed by atoms with Crippen molar-refractivity contribution in [2.24, 2.45) is 0 Å². The van der Waals surface area contributed by atoms with E-state index in [9.17, 15) is 4.79 Å². The third-order valence-electron chi connectivity index (χ3n) is 2.88. The number of nitrogens with one attached hydrogen (secondary N) is 1. The molecule has 21 heavy (non-hydrogen) atoms. The summed E-state index contributed by atoms with van der Waals surface area (Å²) in [5.41, 5.74) is 1.59. The molecular formula is C16H19Br2NO2. The number of aromatic amines is 1. The topological polar surface area (TPSA) is 53.1 Å². The highest BCUT2D eigenvalue weighted by atomic mass is 79.9. The lowest BCUT2D eigenvalue weighted by Gasteiger charge is -2.00. The van der Waals surface area contributed by atoms with Crippen molar-refractivity contribution in [1.29, 1.82) is 0 Å². The van der Waals surface area contributed by atoms with E-state index in [1.165, 1.54) is 24.8 Å². The first-order valence-electron chi connectivity index (χ1n) is 6.85. The monoisotopic (exact) mass is 415 g/mol. The van der Waals surface area contributed by atoms with Gasteiger partial charge in [-0.1, -0.05) is 31.9 Å². The molecule has 0 aliphatic carbocycles. The van der Waals surface area contributed by atoms with Gasteiger partial charge in [-0.15, -0.1) is 0 Å². The fourth-order valence-electron chi connectivity index (χ4n) is 1.74.